The molecule has 0 saturated carbocycles. The Kier molecular flexibility index (Phi) is 6.79. The molecule has 0 amide bonds. The van der Waals surface area contributed by atoms with E-state index in [2.05, 4.69) is 25.6 Å². The number of nitrogens with one attached hydrogen (secondary N) is 3. The molecule has 1 aliphatic carbocycles. The molecule has 3 N–H and O–H groups in total. The van der Waals surface area contributed by atoms with Gasteiger partial charge in [-0.2, -0.15) is 0 Å². The number of sulfonamides is 1. The number of rotatable bonds is 6. The molecule has 0 saturated heterocycles. The SMILES string of the molecule is COC(=O)c1c(NC(=S)Nc2ccc(S(=O)(=O)Nc3ccc(Cl)nn3)cc2)sc2c1CCC2. The quantitative estimate of drug-likeness (QED) is 0.324. The second-order valence-electron chi connectivity index (χ2n) is 7.00. The fourth-order valence-electron chi connectivity index (χ4n) is 3.36. The monoisotopic (exact) mass is 523 g/mol. The molecule has 2 aromatic heterocycles. The average Bonchev–Trinajstić information content (AvgIpc) is 3.36. The van der Waals surface area contributed by atoms with Crippen LogP contribution in [-0.2, 0) is 27.6 Å². The largest absolute Gasteiger partial charge is 0.465 e. The number of carbonyl (C=O) groups excluding carboxylic acids is 1. The summed E-state index contributed by atoms with van der Waals surface area (Å²) in [7, 11) is -2.51. The summed E-state index contributed by atoms with van der Waals surface area (Å²) in [6, 6.07) is 8.85. The third kappa shape index (κ3) is 5.24. The maximum Gasteiger partial charge on any atom is 0.341 e. The van der Waals surface area contributed by atoms with Crippen molar-refractivity contribution in [2.45, 2.75) is 24.2 Å². The van der Waals surface area contributed by atoms with Crippen LogP contribution in [0.15, 0.2) is 41.3 Å². The number of benzene rings is 1. The second-order valence-corrected chi connectivity index (χ2v) is 10.6. The topological polar surface area (TPSA) is 122 Å². The number of anilines is 3. The van der Waals surface area contributed by atoms with Gasteiger partial charge < -0.3 is 15.4 Å². The van der Waals surface area contributed by atoms with E-state index >= 15 is 0 Å². The molecule has 0 aliphatic heterocycles. The van der Waals surface area contributed by atoms with Gasteiger partial charge in [-0.3, -0.25) is 4.72 Å². The Morgan fingerprint density at radius 3 is 2.55 bits per heavy atom. The second kappa shape index (κ2) is 9.59. The van der Waals surface area contributed by atoms with E-state index in [1.54, 1.807) is 12.1 Å². The molecule has 172 valence electrons. The van der Waals surface area contributed by atoms with Crippen molar-refractivity contribution < 1.29 is 17.9 Å². The number of esters is 1. The molecule has 3 aromatic rings. The summed E-state index contributed by atoms with van der Waals surface area (Å²) in [5.74, 6) is -0.344. The normalized spacial score (nSPS) is 12.7. The van der Waals surface area contributed by atoms with Gasteiger partial charge in [0.25, 0.3) is 10.0 Å². The van der Waals surface area contributed by atoms with Crippen molar-refractivity contribution >= 4 is 72.8 Å². The third-order valence-electron chi connectivity index (χ3n) is 4.83. The number of thiocarbonyl (C=S) groups is 1. The Hall–Kier alpha value is -2.80. The Morgan fingerprint density at radius 1 is 1.12 bits per heavy atom. The molecular weight excluding hydrogens is 506 g/mol. The summed E-state index contributed by atoms with van der Waals surface area (Å²) in [5, 5.41) is 14.4. The van der Waals surface area contributed by atoms with E-state index in [4.69, 9.17) is 28.6 Å². The Labute approximate surface area is 204 Å². The summed E-state index contributed by atoms with van der Waals surface area (Å²) in [5.41, 5.74) is 2.11. The van der Waals surface area contributed by atoms with Gasteiger partial charge in [-0.15, -0.1) is 21.5 Å². The highest BCUT2D eigenvalue weighted by atomic mass is 35.5. The van der Waals surface area contributed by atoms with E-state index in [1.165, 1.54) is 42.7 Å². The zero-order valence-electron chi connectivity index (χ0n) is 17.2. The number of aromatic nitrogens is 2. The van der Waals surface area contributed by atoms with E-state index in [9.17, 15) is 13.2 Å². The molecule has 4 rings (SSSR count). The van der Waals surface area contributed by atoms with Crippen LogP contribution in [0, 0.1) is 0 Å². The Balaban J connectivity index is 1.44. The van der Waals surface area contributed by atoms with Crippen LogP contribution in [0.2, 0.25) is 5.15 Å². The van der Waals surface area contributed by atoms with Gasteiger partial charge in [0, 0.05) is 10.6 Å². The summed E-state index contributed by atoms with van der Waals surface area (Å²) >= 11 is 12.5. The van der Waals surface area contributed by atoms with Crippen molar-refractivity contribution in [2.24, 2.45) is 0 Å². The number of ether oxygens (including phenoxy) is 1. The highest BCUT2D eigenvalue weighted by Gasteiger charge is 2.27. The van der Waals surface area contributed by atoms with Crippen molar-refractivity contribution in [3.8, 4) is 0 Å². The van der Waals surface area contributed by atoms with Gasteiger partial charge >= 0.3 is 5.97 Å². The molecule has 0 fully saturated rings. The van der Waals surface area contributed by atoms with E-state index in [0.717, 1.165) is 29.7 Å². The number of aryl methyl sites for hydroxylation is 1. The van der Waals surface area contributed by atoms with Gasteiger partial charge in [0.2, 0.25) is 0 Å². The van der Waals surface area contributed by atoms with Crippen LogP contribution < -0.4 is 15.4 Å². The van der Waals surface area contributed by atoms with Crippen molar-refractivity contribution in [2.75, 3.05) is 22.5 Å². The fraction of sp³-hybridized carbons (Fsp3) is 0.200. The zero-order chi connectivity index (χ0) is 23.6. The average molecular weight is 524 g/mol. The molecule has 1 aromatic carbocycles. The van der Waals surface area contributed by atoms with E-state index < -0.39 is 16.0 Å². The zero-order valence-corrected chi connectivity index (χ0v) is 20.4. The molecule has 0 radical (unpaired) electrons. The molecule has 0 atom stereocenters. The Bertz CT molecular complexity index is 1310. The third-order valence-corrected chi connectivity index (χ3v) is 7.81. The lowest BCUT2D eigenvalue weighted by Gasteiger charge is -2.12. The predicted octanol–water partition coefficient (Wildman–Crippen LogP) is 4.08. The molecule has 0 unspecified atom stereocenters. The fourth-order valence-corrected chi connectivity index (χ4v) is 6.02. The van der Waals surface area contributed by atoms with E-state index in [1.807, 2.05) is 0 Å². The van der Waals surface area contributed by atoms with E-state index in [-0.39, 0.29) is 21.0 Å². The molecule has 33 heavy (non-hydrogen) atoms. The minimum absolute atomic E-state index is 0.0336. The lowest BCUT2D eigenvalue weighted by Crippen LogP contribution is -2.20. The Morgan fingerprint density at radius 2 is 1.88 bits per heavy atom. The van der Waals surface area contributed by atoms with Crippen LogP contribution in [0.4, 0.5) is 16.5 Å². The lowest BCUT2D eigenvalue weighted by atomic mass is 10.1. The van der Waals surface area contributed by atoms with Crippen molar-refractivity contribution in [3.05, 3.63) is 57.6 Å². The van der Waals surface area contributed by atoms with Gasteiger partial charge in [0.1, 0.15) is 5.00 Å². The van der Waals surface area contributed by atoms with Crippen LogP contribution in [0.1, 0.15) is 27.2 Å². The smallest absolute Gasteiger partial charge is 0.341 e. The van der Waals surface area contributed by atoms with Gasteiger partial charge in [0.05, 0.1) is 17.6 Å². The molecule has 0 spiro atoms. The van der Waals surface area contributed by atoms with Gasteiger partial charge in [0.15, 0.2) is 16.1 Å². The van der Waals surface area contributed by atoms with Crippen LogP contribution in [-0.4, -0.2) is 36.8 Å². The number of halogens is 1. The summed E-state index contributed by atoms with van der Waals surface area (Å²) in [6.07, 6.45) is 2.78. The maximum atomic E-state index is 12.5. The molecule has 0 bridgehead atoms. The first-order valence-electron chi connectivity index (χ1n) is 9.70. The number of nitrogens with zero attached hydrogens (tertiary/aromatic N) is 2. The minimum Gasteiger partial charge on any atom is -0.465 e. The number of methoxy groups -OCH3 is 1. The first-order chi connectivity index (χ1) is 15.8. The molecular formula is C20H18ClN5O4S3. The lowest BCUT2D eigenvalue weighted by molar-refractivity contribution is 0.0601. The summed E-state index contributed by atoms with van der Waals surface area (Å²) < 4.78 is 32.4. The first-order valence-corrected chi connectivity index (χ1v) is 12.8. The van der Waals surface area contributed by atoms with Gasteiger partial charge in [-0.05, 0) is 73.4 Å². The van der Waals surface area contributed by atoms with Crippen molar-refractivity contribution in [1.82, 2.24) is 10.2 Å². The van der Waals surface area contributed by atoms with Gasteiger partial charge in [-0.1, -0.05) is 11.6 Å². The highest BCUT2D eigenvalue weighted by Crippen LogP contribution is 2.39. The summed E-state index contributed by atoms with van der Waals surface area (Å²) in [4.78, 5) is 13.5. The number of carbonyl (C=O) groups is 1. The van der Waals surface area contributed by atoms with Crippen molar-refractivity contribution in [1.29, 1.82) is 0 Å². The predicted molar refractivity (Wildman–Crippen MR) is 132 cm³/mol. The number of fused-ring (bicyclic) bond motifs is 1. The molecule has 2 heterocycles. The van der Waals surface area contributed by atoms with Crippen LogP contribution >= 0.6 is 35.2 Å². The maximum absolute atomic E-state index is 12.5. The van der Waals surface area contributed by atoms with E-state index in [0.29, 0.717) is 16.3 Å². The molecule has 13 heteroatoms. The summed E-state index contributed by atoms with van der Waals surface area (Å²) in [6.45, 7) is 0. The van der Waals surface area contributed by atoms with Crippen molar-refractivity contribution in [3.63, 3.8) is 0 Å². The minimum atomic E-state index is -3.86. The molecule has 1 aliphatic rings. The van der Waals surface area contributed by atoms with Crippen LogP contribution in [0.25, 0.3) is 0 Å². The van der Waals surface area contributed by atoms with Crippen LogP contribution in [0.3, 0.4) is 0 Å². The highest BCUT2D eigenvalue weighted by molar-refractivity contribution is 7.92. The van der Waals surface area contributed by atoms with Crippen LogP contribution in [0.5, 0.6) is 0 Å². The number of thiophene rings is 1. The molecule has 9 nitrogen and oxygen atoms in total. The number of hydrogen-bond acceptors (Lipinski definition) is 8. The first kappa shape index (κ1) is 23.4. The van der Waals surface area contributed by atoms with Gasteiger partial charge in [-0.25, -0.2) is 13.2 Å². The standard InChI is InChI=1S/C20H18ClN5O4S3/c1-30-19(27)17-13-3-2-4-14(13)32-18(17)23-20(31)22-11-5-7-12(8-6-11)33(28,29)26-16-10-9-15(21)24-25-16/h5-10H,2-4H2,1H3,(H,25,26)(H2,22,23,31). The number of hydrogen-bond donors (Lipinski definition) is 3.